The molecule has 0 saturated carbocycles. The molecular weight excluding hydrogens is 441 g/mol. The molecule has 2 aromatic carbocycles. The molecule has 0 unspecified atom stereocenters. The molecule has 2 amide bonds. The van der Waals surface area contributed by atoms with Crippen LogP contribution in [0.4, 0.5) is 18.9 Å². The highest BCUT2D eigenvalue weighted by atomic mass is 19.2. The lowest BCUT2D eigenvalue weighted by atomic mass is 10.1. The molecule has 180 valence electrons. The summed E-state index contributed by atoms with van der Waals surface area (Å²) in [6.07, 6.45) is 1.02. The average molecular weight is 468 g/mol. The third-order valence-corrected chi connectivity index (χ3v) is 4.84. The van der Waals surface area contributed by atoms with Gasteiger partial charge in [0, 0.05) is 13.0 Å². The number of aryl methyl sites for hydroxylation is 1. The molecule has 0 saturated heterocycles. The largest absolute Gasteiger partial charge is 0.493 e. The zero-order valence-electron chi connectivity index (χ0n) is 19.0. The van der Waals surface area contributed by atoms with Gasteiger partial charge in [-0.1, -0.05) is 6.92 Å². The lowest BCUT2D eigenvalue weighted by Gasteiger charge is -2.22. The van der Waals surface area contributed by atoms with Crippen LogP contribution in [0.5, 0.6) is 17.2 Å². The minimum Gasteiger partial charge on any atom is -0.493 e. The first-order chi connectivity index (χ1) is 15.7. The molecule has 10 heteroatoms. The van der Waals surface area contributed by atoms with Crippen molar-refractivity contribution in [3.8, 4) is 17.2 Å². The molecule has 2 aromatic rings. The lowest BCUT2D eigenvalue weighted by molar-refractivity contribution is -0.134. The van der Waals surface area contributed by atoms with Crippen molar-refractivity contribution >= 4 is 17.5 Å². The molecular formula is C23H27F3N2O5. The number of rotatable bonds is 11. The van der Waals surface area contributed by atoms with E-state index in [1.807, 2.05) is 6.92 Å². The van der Waals surface area contributed by atoms with Gasteiger partial charge in [0.25, 0.3) is 0 Å². The number of methoxy groups -OCH3 is 3. The van der Waals surface area contributed by atoms with E-state index >= 15 is 0 Å². The fraction of sp³-hybridized carbons (Fsp3) is 0.391. The summed E-state index contributed by atoms with van der Waals surface area (Å²) in [5.74, 6) is -4.22. The van der Waals surface area contributed by atoms with Crippen LogP contribution in [0.15, 0.2) is 24.3 Å². The number of ether oxygens (including phenoxy) is 3. The van der Waals surface area contributed by atoms with Gasteiger partial charge in [0.2, 0.25) is 17.6 Å². The summed E-state index contributed by atoms with van der Waals surface area (Å²) in [6, 6.07) is 5.09. The molecule has 33 heavy (non-hydrogen) atoms. The summed E-state index contributed by atoms with van der Waals surface area (Å²) in [6.45, 7) is 1.77. The topological polar surface area (TPSA) is 77.1 Å². The van der Waals surface area contributed by atoms with Gasteiger partial charge in [-0.3, -0.25) is 9.59 Å². The highest BCUT2D eigenvalue weighted by molar-refractivity contribution is 5.94. The molecule has 0 aliphatic rings. The Labute approximate surface area is 190 Å². The first-order valence-electron chi connectivity index (χ1n) is 10.3. The van der Waals surface area contributed by atoms with Crippen LogP contribution in [0.25, 0.3) is 0 Å². The second-order valence-corrected chi connectivity index (χ2v) is 7.12. The van der Waals surface area contributed by atoms with E-state index in [9.17, 15) is 22.8 Å². The highest BCUT2D eigenvalue weighted by Gasteiger charge is 2.20. The molecule has 0 bridgehead atoms. The SMILES string of the molecule is CCCN(CC(=O)Nc1ccc(F)c(F)c1F)C(=O)CCc1cc(OC)c(OC)c(OC)c1. The Balaban J connectivity index is 2.07. The van der Waals surface area contributed by atoms with E-state index in [-0.39, 0.29) is 18.9 Å². The Hall–Kier alpha value is -3.43. The molecule has 0 aliphatic carbocycles. The monoisotopic (exact) mass is 468 g/mol. The predicted octanol–water partition coefficient (Wildman–Crippen LogP) is 3.94. The van der Waals surface area contributed by atoms with Crippen molar-refractivity contribution < 1.29 is 37.0 Å². The van der Waals surface area contributed by atoms with Gasteiger partial charge in [-0.15, -0.1) is 0 Å². The van der Waals surface area contributed by atoms with Crippen molar-refractivity contribution in [1.82, 2.24) is 4.90 Å². The molecule has 0 spiro atoms. The minimum absolute atomic E-state index is 0.0887. The van der Waals surface area contributed by atoms with Gasteiger partial charge in [-0.2, -0.15) is 0 Å². The number of anilines is 1. The van der Waals surface area contributed by atoms with Crippen molar-refractivity contribution in [2.45, 2.75) is 26.2 Å². The van der Waals surface area contributed by atoms with Crippen molar-refractivity contribution in [2.75, 3.05) is 39.7 Å². The zero-order chi connectivity index (χ0) is 24.5. The molecule has 0 aromatic heterocycles. The first-order valence-corrected chi connectivity index (χ1v) is 10.3. The van der Waals surface area contributed by atoms with Crippen LogP contribution in [-0.2, 0) is 16.0 Å². The van der Waals surface area contributed by atoms with Gasteiger partial charge >= 0.3 is 0 Å². The maximum Gasteiger partial charge on any atom is 0.244 e. The standard InChI is InChI=1S/C23H27F3N2O5/c1-5-10-28(13-19(29)27-16-8-7-15(24)21(25)22(16)26)20(30)9-6-14-11-17(31-2)23(33-4)18(12-14)32-3/h7-8,11-12H,5-6,9-10,13H2,1-4H3,(H,27,29). The Morgan fingerprint density at radius 3 is 2.15 bits per heavy atom. The van der Waals surface area contributed by atoms with Gasteiger partial charge < -0.3 is 24.4 Å². The van der Waals surface area contributed by atoms with Crippen molar-refractivity contribution in [1.29, 1.82) is 0 Å². The van der Waals surface area contributed by atoms with E-state index in [4.69, 9.17) is 14.2 Å². The molecule has 0 atom stereocenters. The first kappa shape index (κ1) is 25.8. The number of carbonyl (C=O) groups excluding carboxylic acids is 2. The molecule has 0 aliphatic heterocycles. The molecule has 0 fully saturated rings. The summed E-state index contributed by atoms with van der Waals surface area (Å²) < 4.78 is 56.2. The smallest absolute Gasteiger partial charge is 0.244 e. The van der Waals surface area contributed by atoms with Crippen LogP contribution >= 0.6 is 0 Å². The quantitative estimate of drug-likeness (QED) is 0.506. The van der Waals surface area contributed by atoms with Crippen molar-refractivity contribution in [3.63, 3.8) is 0 Å². The molecule has 7 nitrogen and oxygen atoms in total. The van der Waals surface area contributed by atoms with Crippen LogP contribution in [0, 0.1) is 17.5 Å². The van der Waals surface area contributed by atoms with Crippen LogP contribution in [0.2, 0.25) is 0 Å². The second kappa shape index (κ2) is 12.0. The van der Waals surface area contributed by atoms with Crippen LogP contribution < -0.4 is 19.5 Å². The van der Waals surface area contributed by atoms with E-state index in [0.29, 0.717) is 42.7 Å². The maximum absolute atomic E-state index is 13.8. The Kier molecular flexibility index (Phi) is 9.38. The number of benzene rings is 2. The zero-order valence-corrected chi connectivity index (χ0v) is 19.0. The third-order valence-electron chi connectivity index (χ3n) is 4.84. The Bertz CT molecular complexity index is 975. The van der Waals surface area contributed by atoms with E-state index < -0.39 is 29.0 Å². The van der Waals surface area contributed by atoms with Crippen LogP contribution in [-0.4, -0.2) is 51.1 Å². The number of nitrogens with one attached hydrogen (secondary N) is 1. The van der Waals surface area contributed by atoms with E-state index in [1.54, 1.807) is 12.1 Å². The average Bonchev–Trinajstić information content (AvgIpc) is 2.81. The number of hydrogen-bond acceptors (Lipinski definition) is 5. The minimum atomic E-state index is -1.68. The van der Waals surface area contributed by atoms with E-state index in [1.165, 1.54) is 26.2 Å². The Morgan fingerprint density at radius 1 is 0.970 bits per heavy atom. The Morgan fingerprint density at radius 2 is 1.61 bits per heavy atom. The molecule has 2 rings (SSSR count). The number of hydrogen-bond donors (Lipinski definition) is 1. The van der Waals surface area contributed by atoms with Crippen LogP contribution in [0.3, 0.4) is 0 Å². The van der Waals surface area contributed by atoms with Gasteiger partial charge in [-0.25, -0.2) is 13.2 Å². The van der Waals surface area contributed by atoms with Crippen molar-refractivity contribution in [2.24, 2.45) is 0 Å². The highest BCUT2D eigenvalue weighted by Crippen LogP contribution is 2.38. The molecule has 0 heterocycles. The van der Waals surface area contributed by atoms with E-state index in [2.05, 4.69) is 5.32 Å². The molecule has 0 radical (unpaired) electrons. The fourth-order valence-electron chi connectivity index (χ4n) is 3.24. The van der Waals surface area contributed by atoms with Gasteiger partial charge in [0.05, 0.1) is 33.6 Å². The lowest BCUT2D eigenvalue weighted by Crippen LogP contribution is -2.38. The normalized spacial score (nSPS) is 10.5. The second-order valence-electron chi connectivity index (χ2n) is 7.12. The van der Waals surface area contributed by atoms with Crippen LogP contribution in [0.1, 0.15) is 25.3 Å². The van der Waals surface area contributed by atoms with Gasteiger partial charge in [0.15, 0.2) is 29.0 Å². The summed E-state index contributed by atoms with van der Waals surface area (Å²) in [4.78, 5) is 26.4. The summed E-state index contributed by atoms with van der Waals surface area (Å²) in [5, 5.41) is 2.18. The van der Waals surface area contributed by atoms with E-state index in [0.717, 1.165) is 11.6 Å². The number of halogens is 3. The summed E-state index contributed by atoms with van der Waals surface area (Å²) >= 11 is 0. The predicted molar refractivity (Wildman–Crippen MR) is 116 cm³/mol. The van der Waals surface area contributed by atoms with Crippen molar-refractivity contribution in [3.05, 3.63) is 47.3 Å². The summed E-state index contributed by atoms with van der Waals surface area (Å²) in [7, 11) is 4.47. The molecule has 1 N–H and O–H groups in total. The summed E-state index contributed by atoms with van der Waals surface area (Å²) in [5.41, 5.74) is 0.267. The van der Waals surface area contributed by atoms with Gasteiger partial charge in [-0.05, 0) is 42.7 Å². The number of carbonyl (C=O) groups is 2. The fourth-order valence-corrected chi connectivity index (χ4v) is 3.24. The third kappa shape index (κ3) is 6.53. The number of nitrogens with zero attached hydrogens (tertiary/aromatic N) is 1. The van der Waals surface area contributed by atoms with Gasteiger partial charge in [0.1, 0.15) is 0 Å². The maximum atomic E-state index is 13.8. The number of amides is 2.